The Morgan fingerprint density at radius 2 is 1.69 bits per heavy atom. The van der Waals surface area contributed by atoms with Crippen LogP contribution in [0.2, 0.25) is 0 Å². The van der Waals surface area contributed by atoms with E-state index < -0.39 is 23.3 Å². The summed E-state index contributed by atoms with van der Waals surface area (Å²) in [5, 5.41) is 27.0. The highest BCUT2D eigenvalue weighted by atomic mass is 16.7. The van der Waals surface area contributed by atoms with Crippen molar-refractivity contribution < 1.29 is 43.6 Å². The van der Waals surface area contributed by atoms with Crippen LogP contribution in [0, 0.1) is 17.8 Å². The number of amides is 1. The molecule has 0 spiro atoms. The zero-order valence-electron chi connectivity index (χ0n) is 38.0. The van der Waals surface area contributed by atoms with Crippen LogP contribution < -0.4 is 14.2 Å². The number of hydrogen-bond donors (Lipinski definition) is 2. The minimum atomic E-state index is -1.40. The molecule has 1 saturated carbocycles. The lowest BCUT2D eigenvalue weighted by Gasteiger charge is -2.60. The zero-order chi connectivity index (χ0) is 45.4. The summed E-state index contributed by atoms with van der Waals surface area (Å²) in [4.78, 5) is 35.5. The Morgan fingerprint density at radius 1 is 0.953 bits per heavy atom. The Kier molecular flexibility index (Phi) is 14.9. The van der Waals surface area contributed by atoms with Crippen LogP contribution in [0.25, 0.3) is 10.8 Å². The van der Waals surface area contributed by atoms with Crippen LogP contribution in [0.5, 0.6) is 23.0 Å². The number of nitrogens with zero attached hydrogens (tertiary/aromatic N) is 2. The van der Waals surface area contributed by atoms with Crippen molar-refractivity contribution in [3.8, 4) is 23.0 Å². The van der Waals surface area contributed by atoms with Gasteiger partial charge in [0, 0.05) is 43.2 Å². The monoisotopic (exact) mass is 872 g/mol. The molecule has 7 rings (SSSR count). The normalized spacial score (nSPS) is 23.0. The predicted octanol–water partition coefficient (Wildman–Crippen LogP) is 10.4. The highest BCUT2D eigenvalue weighted by Gasteiger charge is 2.65. The summed E-state index contributed by atoms with van der Waals surface area (Å²) in [6.45, 7) is 12.8. The molecule has 2 aliphatic carbocycles. The number of oxime groups is 1. The minimum absolute atomic E-state index is 0.0330. The molecule has 64 heavy (non-hydrogen) atoms. The van der Waals surface area contributed by atoms with E-state index in [0.29, 0.717) is 66.4 Å². The van der Waals surface area contributed by atoms with Crippen LogP contribution in [0.3, 0.4) is 0 Å². The number of methoxy groups -OCH3 is 1. The molecular formula is C53H64N2O9. The maximum absolute atomic E-state index is 15.2. The lowest BCUT2D eigenvalue weighted by Crippen LogP contribution is -2.70. The Bertz CT molecular complexity index is 2350. The lowest BCUT2D eigenvalue weighted by molar-refractivity contribution is -0.254. The molecule has 2 N–H and O–H groups in total. The number of allylic oxidation sites excluding steroid dienone is 1. The molecule has 1 heterocycles. The number of carbonyl (C=O) groups is 2. The summed E-state index contributed by atoms with van der Waals surface area (Å²) >= 11 is 0. The molecule has 1 aliphatic heterocycles. The molecule has 3 aliphatic rings. The van der Waals surface area contributed by atoms with E-state index in [2.05, 4.69) is 19.6 Å². The van der Waals surface area contributed by atoms with Gasteiger partial charge in [-0.3, -0.25) is 9.59 Å². The summed E-state index contributed by atoms with van der Waals surface area (Å²) in [5.74, 6) is -0.0495. The van der Waals surface area contributed by atoms with Gasteiger partial charge in [0.1, 0.15) is 34.6 Å². The van der Waals surface area contributed by atoms with Crippen LogP contribution >= 0.6 is 0 Å². The number of ether oxygens (including phenoxy) is 4. The third-order valence-electron chi connectivity index (χ3n) is 12.7. The van der Waals surface area contributed by atoms with Gasteiger partial charge in [0.05, 0.1) is 30.9 Å². The van der Waals surface area contributed by atoms with Gasteiger partial charge in [0.2, 0.25) is 5.79 Å². The molecule has 6 atom stereocenters. The van der Waals surface area contributed by atoms with Crippen LogP contribution in [-0.2, 0) is 9.57 Å². The van der Waals surface area contributed by atoms with Gasteiger partial charge < -0.3 is 38.9 Å². The smallest absolute Gasteiger partial charge is 0.254 e. The first-order chi connectivity index (χ1) is 31.0. The number of benzene rings is 4. The summed E-state index contributed by atoms with van der Waals surface area (Å²) in [6, 6.07) is 24.2. The fourth-order valence-electron chi connectivity index (χ4n) is 10.0. The van der Waals surface area contributed by atoms with Gasteiger partial charge in [0.15, 0.2) is 6.29 Å². The van der Waals surface area contributed by atoms with Crippen molar-refractivity contribution >= 4 is 28.7 Å². The van der Waals surface area contributed by atoms with Crippen molar-refractivity contribution in [2.45, 2.75) is 102 Å². The van der Waals surface area contributed by atoms with Crippen LogP contribution in [0.15, 0.2) is 108 Å². The number of rotatable bonds is 20. The Labute approximate surface area is 377 Å². The van der Waals surface area contributed by atoms with E-state index in [1.807, 2.05) is 86.3 Å². The largest absolute Gasteiger partial charge is 0.496 e. The fourth-order valence-corrected chi connectivity index (χ4v) is 10.0. The van der Waals surface area contributed by atoms with Gasteiger partial charge in [-0.1, -0.05) is 67.4 Å². The van der Waals surface area contributed by atoms with E-state index in [4.69, 9.17) is 28.9 Å². The number of unbranched alkanes of at least 4 members (excludes halogenated alkanes) is 2. The molecule has 6 unspecified atom stereocenters. The van der Waals surface area contributed by atoms with Crippen LogP contribution in [-0.4, -0.2) is 83.9 Å². The average molecular weight is 873 g/mol. The fraction of sp³-hybridized carbons (Fsp3) is 0.453. The second kappa shape index (κ2) is 20.6. The van der Waals surface area contributed by atoms with E-state index in [9.17, 15) is 15.0 Å². The van der Waals surface area contributed by atoms with Gasteiger partial charge in [-0.25, -0.2) is 0 Å². The van der Waals surface area contributed by atoms with Gasteiger partial charge in [0.25, 0.3) is 5.91 Å². The molecule has 0 radical (unpaired) electrons. The van der Waals surface area contributed by atoms with Gasteiger partial charge in [-0.2, -0.15) is 0 Å². The molecular weight excluding hydrogens is 809 g/mol. The number of carbonyl (C=O) groups excluding carboxylic acids is 2. The van der Waals surface area contributed by atoms with E-state index in [-0.39, 0.29) is 43.5 Å². The van der Waals surface area contributed by atoms with Crippen molar-refractivity contribution in [1.29, 1.82) is 0 Å². The third-order valence-corrected chi connectivity index (χ3v) is 12.7. The Balaban J connectivity index is 1.46. The summed E-state index contributed by atoms with van der Waals surface area (Å²) < 4.78 is 26.5. The van der Waals surface area contributed by atoms with E-state index in [1.165, 1.54) is 7.11 Å². The first kappa shape index (κ1) is 46.5. The second-order valence-corrected chi connectivity index (χ2v) is 18.2. The minimum Gasteiger partial charge on any atom is -0.496 e. The molecule has 0 bridgehead atoms. The molecule has 11 nitrogen and oxygen atoms in total. The van der Waals surface area contributed by atoms with Crippen molar-refractivity contribution in [3.63, 3.8) is 0 Å². The molecule has 1 amide bonds. The SMILES string of the molecule is C=CCOC12Oc3ccc(Oc4ccc(OC)c(C=O)c4)cc3C3C(CCCCO)C(CCCCO)C=C(C(=NOC(C)(C)C)CC1N(CCC)C(=O)c1ccc4ccccc4c1)C32. The summed E-state index contributed by atoms with van der Waals surface area (Å²) in [6.07, 6.45) is 10.3. The quantitative estimate of drug-likeness (QED) is 0.0385. The first-order valence-corrected chi connectivity index (χ1v) is 22.9. The third kappa shape index (κ3) is 9.77. The molecule has 1 fully saturated rings. The Hall–Kier alpha value is -5.49. The van der Waals surface area contributed by atoms with E-state index in [1.54, 1.807) is 24.3 Å². The number of hydrogen-bond acceptors (Lipinski definition) is 10. The van der Waals surface area contributed by atoms with Crippen molar-refractivity contribution in [2.75, 3.05) is 33.5 Å². The number of fused-ring (bicyclic) bond motifs is 3. The maximum atomic E-state index is 15.2. The number of aldehydes is 1. The van der Waals surface area contributed by atoms with Gasteiger partial charge >= 0.3 is 0 Å². The average Bonchev–Trinajstić information content (AvgIpc) is 3.30. The van der Waals surface area contributed by atoms with Crippen molar-refractivity contribution in [2.24, 2.45) is 22.9 Å². The van der Waals surface area contributed by atoms with Crippen molar-refractivity contribution in [1.82, 2.24) is 4.90 Å². The summed E-state index contributed by atoms with van der Waals surface area (Å²) in [7, 11) is 1.52. The molecule has 0 saturated heterocycles. The molecule has 4 aromatic carbocycles. The number of aliphatic hydroxyl groups excluding tert-OH is 2. The second-order valence-electron chi connectivity index (χ2n) is 18.2. The lowest BCUT2D eigenvalue weighted by atomic mass is 9.55. The predicted molar refractivity (Wildman–Crippen MR) is 250 cm³/mol. The topological polar surface area (TPSA) is 136 Å². The van der Waals surface area contributed by atoms with Gasteiger partial charge in [-0.05, 0) is 130 Å². The molecule has 11 heteroatoms. The van der Waals surface area contributed by atoms with Crippen molar-refractivity contribution in [3.05, 3.63) is 120 Å². The van der Waals surface area contributed by atoms with Gasteiger partial charge in [-0.15, -0.1) is 6.58 Å². The van der Waals surface area contributed by atoms with Crippen LogP contribution in [0.4, 0.5) is 0 Å². The first-order valence-electron chi connectivity index (χ1n) is 22.9. The number of aliphatic hydroxyl groups is 2. The highest BCUT2D eigenvalue weighted by Crippen LogP contribution is 2.62. The van der Waals surface area contributed by atoms with E-state index >= 15 is 4.79 Å². The zero-order valence-corrected chi connectivity index (χ0v) is 38.0. The Morgan fingerprint density at radius 3 is 2.39 bits per heavy atom. The highest BCUT2D eigenvalue weighted by molar-refractivity contribution is 6.04. The maximum Gasteiger partial charge on any atom is 0.254 e. The molecule has 340 valence electrons. The standard InChI is InChI=1S/C53H64N2O9/c1-7-25-55(51(59)38-20-19-35-15-9-10-16-36(35)29-38)48-33-45(54-64-52(3,4)5)43-31-37(17-11-13-26-56)42(18-12-14-27-57)49-44-32-41(62-40-21-23-46(60-6)39(30-40)34-58)22-24-47(44)63-53(48,50(43)49)61-28-8-2/h8-10,15-16,19-24,29-32,34,37,42,48-50,56-57H,2,7,11-14,17-18,25-28,33H2,1,3-6H3. The van der Waals surface area contributed by atoms with Crippen LogP contribution in [0.1, 0.15) is 111 Å². The van der Waals surface area contributed by atoms with E-state index in [0.717, 1.165) is 59.6 Å². The summed E-state index contributed by atoms with van der Waals surface area (Å²) in [5.41, 5.74) is 2.96. The molecule has 0 aromatic heterocycles. The molecule has 4 aromatic rings.